The molecule has 0 saturated heterocycles. The summed E-state index contributed by atoms with van der Waals surface area (Å²) in [4.78, 5) is 48.1. The summed E-state index contributed by atoms with van der Waals surface area (Å²) in [6, 6.07) is 18.8. The highest BCUT2D eigenvalue weighted by atomic mass is 35.5. The number of nitrogens with one attached hydrogen (secondary N) is 2. The van der Waals surface area contributed by atoms with Crippen LogP contribution < -0.4 is 15.5 Å². The lowest BCUT2D eigenvalue weighted by Crippen LogP contribution is -2.36. The molecular formula is C35H39Cl2N3O7. The van der Waals surface area contributed by atoms with Crippen LogP contribution in [0.4, 0.5) is 16.2 Å². The maximum Gasteiger partial charge on any atom is 0.334 e. The Morgan fingerprint density at radius 2 is 1.62 bits per heavy atom. The number of aliphatic hydroxyl groups excluding tert-OH is 1. The standard InChI is InChI=1S/C30H29Cl2N3O5.C5H10O2/c31-23-14-24(32)16-25(15-23)34-30(40)35(26-12-10-21(11-13-26)20-4-2-1-3-5-20)18-19-6-8-22(9-7-19)28(37)33-17-27(36)29(38)39;1-3-4-7-5(2)6/h4,6-16,27,36H,1-3,5,17-18H2,(H,33,37)(H,34,40)(H,38,39);3-4H2,1-2H3/t27-;/m1./s1. The van der Waals surface area contributed by atoms with Crippen LogP contribution in [0, 0.1) is 0 Å². The zero-order valence-corrected chi connectivity index (χ0v) is 27.8. The van der Waals surface area contributed by atoms with Crippen molar-refractivity contribution in [2.75, 3.05) is 23.4 Å². The molecule has 0 heterocycles. The third-order valence-corrected chi connectivity index (χ3v) is 7.44. The number of aliphatic hydroxyl groups is 1. The number of carbonyl (C=O) groups excluding carboxylic acids is 3. The van der Waals surface area contributed by atoms with Gasteiger partial charge in [0.2, 0.25) is 0 Å². The van der Waals surface area contributed by atoms with Gasteiger partial charge in [-0.2, -0.15) is 0 Å². The Labute approximate surface area is 284 Å². The summed E-state index contributed by atoms with van der Waals surface area (Å²) in [7, 11) is 0. The number of carbonyl (C=O) groups is 4. The number of benzene rings is 3. The van der Waals surface area contributed by atoms with E-state index in [1.54, 1.807) is 47.4 Å². The monoisotopic (exact) mass is 683 g/mol. The number of aliphatic carboxylic acids is 1. The van der Waals surface area contributed by atoms with Crippen LogP contribution in [0.15, 0.2) is 72.8 Å². The van der Waals surface area contributed by atoms with Crippen LogP contribution >= 0.6 is 23.2 Å². The second-order valence-corrected chi connectivity index (χ2v) is 11.7. The molecule has 1 aliphatic carbocycles. The zero-order valence-electron chi connectivity index (χ0n) is 26.3. The van der Waals surface area contributed by atoms with E-state index in [1.807, 2.05) is 31.2 Å². The Hall–Kier alpha value is -4.38. The van der Waals surface area contributed by atoms with Gasteiger partial charge in [-0.1, -0.05) is 60.5 Å². The minimum Gasteiger partial charge on any atom is -0.479 e. The van der Waals surface area contributed by atoms with E-state index in [0.29, 0.717) is 28.0 Å². The third kappa shape index (κ3) is 12.4. The zero-order chi connectivity index (χ0) is 34.3. The molecule has 0 radical (unpaired) electrons. The number of hydrogen-bond acceptors (Lipinski definition) is 6. The average molecular weight is 685 g/mol. The molecule has 4 rings (SSSR count). The summed E-state index contributed by atoms with van der Waals surface area (Å²) in [6.45, 7) is 3.71. The smallest absolute Gasteiger partial charge is 0.334 e. The summed E-state index contributed by atoms with van der Waals surface area (Å²) in [5, 5.41) is 24.2. The molecule has 3 aromatic carbocycles. The first-order valence-electron chi connectivity index (χ1n) is 15.2. The van der Waals surface area contributed by atoms with Crippen LogP contribution in [0.25, 0.3) is 5.57 Å². The van der Waals surface area contributed by atoms with Crippen molar-refractivity contribution in [3.63, 3.8) is 0 Å². The van der Waals surface area contributed by atoms with Crippen molar-refractivity contribution in [3.05, 3.63) is 99.5 Å². The van der Waals surface area contributed by atoms with E-state index < -0.39 is 30.6 Å². The number of urea groups is 1. The summed E-state index contributed by atoms with van der Waals surface area (Å²) >= 11 is 12.2. The number of halogens is 2. The lowest BCUT2D eigenvalue weighted by Gasteiger charge is -2.24. The number of nitrogens with zero attached hydrogens (tertiary/aromatic N) is 1. The van der Waals surface area contributed by atoms with Crippen molar-refractivity contribution in [1.82, 2.24) is 5.32 Å². The first-order valence-corrected chi connectivity index (χ1v) is 16.0. The third-order valence-electron chi connectivity index (χ3n) is 7.01. The number of amides is 3. The second kappa shape index (κ2) is 18.7. The number of rotatable bonds is 11. The van der Waals surface area contributed by atoms with E-state index in [4.69, 9.17) is 28.3 Å². The highest BCUT2D eigenvalue weighted by Crippen LogP contribution is 2.29. The minimum absolute atomic E-state index is 0.193. The van der Waals surface area contributed by atoms with Crippen molar-refractivity contribution in [1.29, 1.82) is 0 Å². The number of carboxylic acids is 1. The number of esters is 1. The SMILES string of the molecule is CCCOC(C)=O.O=C(NC[C@@H](O)C(=O)O)c1ccc(CN(C(=O)Nc2cc(Cl)cc(Cl)c2)c2ccc(C3=CCCCC3)cc2)cc1. The van der Waals surface area contributed by atoms with Crippen molar-refractivity contribution < 1.29 is 34.1 Å². The van der Waals surface area contributed by atoms with Gasteiger partial charge in [0.25, 0.3) is 5.91 Å². The van der Waals surface area contributed by atoms with Crippen LogP contribution in [0.3, 0.4) is 0 Å². The normalized spacial score (nSPS) is 12.8. The van der Waals surface area contributed by atoms with Crippen LogP contribution in [0.2, 0.25) is 10.0 Å². The van der Waals surface area contributed by atoms with Crippen molar-refractivity contribution in [2.45, 2.75) is 58.6 Å². The van der Waals surface area contributed by atoms with Gasteiger partial charge >= 0.3 is 18.0 Å². The fourth-order valence-electron chi connectivity index (χ4n) is 4.62. The number of allylic oxidation sites excluding steroid dienone is 2. The molecule has 0 fully saturated rings. The van der Waals surface area contributed by atoms with E-state index in [2.05, 4.69) is 21.4 Å². The topological polar surface area (TPSA) is 145 Å². The number of anilines is 2. The van der Waals surface area contributed by atoms with Crippen LogP contribution in [0.5, 0.6) is 0 Å². The molecule has 0 spiro atoms. The van der Waals surface area contributed by atoms with E-state index in [9.17, 15) is 24.3 Å². The highest BCUT2D eigenvalue weighted by Gasteiger charge is 2.19. The molecule has 10 nitrogen and oxygen atoms in total. The lowest BCUT2D eigenvalue weighted by atomic mass is 9.93. The predicted molar refractivity (Wildman–Crippen MR) is 184 cm³/mol. The van der Waals surface area contributed by atoms with Gasteiger partial charge in [-0.25, -0.2) is 9.59 Å². The molecule has 47 heavy (non-hydrogen) atoms. The van der Waals surface area contributed by atoms with Gasteiger partial charge in [0, 0.05) is 33.9 Å². The predicted octanol–water partition coefficient (Wildman–Crippen LogP) is 7.32. The molecule has 0 unspecified atom stereocenters. The summed E-state index contributed by atoms with van der Waals surface area (Å²) in [6.07, 6.45) is 5.96. The average Bonchev–Trinajstić information content (AvgIpc) is 3.05. The van der Waals surface area contributed by atoms with Crippen LogP contribution in [-0.2, 0) is 20.9 Å². The van der Waals surface area contributed by atoms with Gasteiger partial charge in [-0.15, -0.1) is 0 Å². The Balaban J connectivity index is 0.000000771. The molecule has 0 saturated carbocycles. The van der Waals surface area contributed by atoms with Gasteiger partial charge < -0.3 is 25.6 Å². The lowest BCUT2D eigenvalue weighted by molar-refractivity contribution is -0.146. The van der Waals surface area contributed by atoms with E-state index >= 15 is 0 Å². The number of carboxylic acid groups (broad SMARTS) is 1. The van der Waals surface area contributed by atoms with Gasteiger partial charge in [-0.05, 0) is 91.3 Å². The number of hydrogen-bond donors (Lipinski definition) is 4. The maximum absolute atomic E-state index is 13.5. The molecule has 1 atom stereocenters. The fraction of sp³-hybridized carbons (Fsp3) is 0.314. The Bertz CT molecular complexity index is 1540. The van der Waals surface area contributed by atoms with Crippen molar-refractivity contribution in [2.24, 2.45) is 0 Å². The second-order valence-electron chi connectivity index (χ2n) is 10.8. The van der Waals surface area contributed by atoms with Crippen LogP contribution in [-0.4, -0.2) is 53.3 Å². The minimum atomic E-state index is -1.69. The first kappa shape index (κ1) is 37.1. The largest absolute Gasteiger partial charge is 0.479 e. The van der Waals surface area contributed by atoms with Crippen LogP contribution in [0.1, 0.15) is 67.4 Å². The van der Waals surface area contributed by atoms with Gasteiger partial charge in [-0.3, -0.25) is 14.5 Å². The molecule has 0 aliphatic heterocycles. The molecule has 0 aromatic heterocycles. The molecule has 1 aliphatic rings. The van der Waals surface area contributed by atoms with Crippen molar-refractivity contribution >= 4 is 64.0 Å². The molecule has 12 heteroatoms. The molecular weight excluding hydrogens is 645 g/mol. The van der Waals surface area contributed by atoms with E-state index in [1.165, 1.54) is 25.3 Å². The Morgan fingerprint density at radius 1 is 0.957 bits per heavy atom. The molecule has 4 N–H and O–H groups in total. The van der Waals surface area contributed by atoms with Crippen molar-refractivity contribution in [3.8, 4) is 0 Å². The van der Waals surface area contributed by atoms with E-state index in [-0.39, 0.29) is 18.1 Å². The van der Waals surface area contributed by atoms with Gasteiger partial charge in [0.15, 0.2) is 6.10 Å². The molecule has 250 valence electrons. The fourth-order valence-corrected chi connectivity index (χ4v) is 5.15. The Kier molecular flexibility index (Phi) is 14.7. The molecule has 3 aromatic rings. The molecule has 3 amide bonds. The summed E-state index contributed by atoms with van der Waals surface area (Å²) in [5.74, 6) is -2.13. The van der Waals surface area contributed by atoms with E-state index in [0.717, 1.165) is 30.4 Å². The van der Waals surface area contributed by atoms with Gasteiger partial charge in [0.05, 0.1) is 19.7 Å². The first-order chi connectivity index (χ1) is 22.5. The maximum atomic E-state index is 13.5. The summed E-state index contributed by atoms with van der Waals surface area (Å²) in [5.41, 5.74) is 4.61. The van der Waals surface area contributed by atoms with Gasteiger partial charge in [0.1, 0.15) is 0 Å². The quantitative estimate of drug-likeness (QED) is 0.155. The molecule has 0 bridgehead atoms. The Morgan fingerprint density at radius 3 is 2.15 bits per heavy atom. The number of ether oxygens (including phenoxy) is 1. The highest BCUT2D eigenvalue weighted by molar-refractivity contribution is 6.35. The summed E-state index contributed by atoms with van der Waals surface area (Å²) < 4.78 is 4.55.